The van der Waals surface area contributed by atoms with Crippen molar-refractivity contribution < 1.29 is 13.2 Å². The van der Waals surface area contributed by atoms with E-state index in [1.165, 1.54) is 4.31 Å². The van der Waals surface area contributed by atoms with Gasteiger partial charge in [-0.25, -0.2) is 12.7 Å². The van der Waals surface area contributed by atoms with Crippen LogP contribution in [-0.4, -0.2) is 49.7 Å². The molecule has 2 fully saturated rings. The van der Waals surface area contributed by atoms with Crippen LogP contribution in [0, 0.1) is 11.3 Å². The molecule has 1 amide bonds. The van der Waals surface area contributed by atoms with E-state index < -0.39 is 10.0 Å². The van der Waals surface area contributed by atoms with Gasteiger partial charge in [0.2, 0.25) is 15.9 Å². The number of likely N-dealkylation sites (tertiary alicyclic amines) is 1. The Balaban J connectivity index is 1.59. The first-order valence-corrected chi connectivity index (χ1v) is 12.1. The molecule has 0 aliphatic carbocycles. The lowest BCUT2D eigenvalue weighted by molar-refractivity contribution is -0.139. The van der Waals surface area contributed by atoms with Gasteiger partial charge in [0.1, 0.15) is 0 Å². The number of carbonyl (C=O) groups is 1. The second kappa shape index (κ2) is 8.50. The predicted octanol–water partition coefficient (Wildman–Crippen LogP) is 4.18. The van der Waals surface area contributed by atoms with Crippen LogP contribution in [0.4, 0.5) is 0 Å². The Kier molecular flexibility index (Phi) is 6.64. The highest BCUT2D eigenvalue weighted by Gasteiger charge is 2.36. The Morgan fingerprint density at radius 2 is 1.86 bits per heavy atom. The van der Waals surface area contributed by atoms with Gasteiger partial charge in [0, 0.05) is 42.1 Å². The monoisotopic (exact) mass is 446 g/mol. The highest BCUT2D eigenvalue weighted by Crippen LogP contribution is 2.31. The Morgan fingerprint density at radius 3 is 2.46 bits per heavy atom. The lowest BCUT2D eigenvalue weighted by atomic mass is 9.83. The Hall–Kier alpha value is -0.820. The van der Waals surface area contributed by atoms with Crippen LogP contribution in [0.5, 0.6) is 0 Å². The average molecular weight is 447 g/mol. The first-order valence-electron chi connectivity index (χ1n) is 9.78. The standard InChI is InChI=1S/C20H28Cl2N2O3S/c1-20(2)8-3-9-23(14-20)19(25)15-6-10-24(11-7-15)28(26,27)13-16-4-5-17(21)12-18(16)22/h4-5,12,15H,3,6-11,13-14H2,1-2H3. The van der Waals surface area contributed by atoms with Crippen LogP contribution in [0.1, 0.15) is 45.1 Å². The van der Waals surface area contributed by atoms with Crippen LogP contribution < -0.4 is 0 Å². The second-order valence-corrected chi connectivity index (χ2v) is 11.5. The number of benzene rings is 1. The molecule has 8 heteroatoms. The van der Waals surface area contributed by atoms with E-state index in [9.17, 15) is 13.2 Å². The smallest absolute Gasteiger partial charge is 0.225 e. The molecule has 0 aromatic heterocycles. The van der Waals surface area contributed by atoms with Crippen LogP contribution in [0.2, 0.25) is 10.0 Å². The number of piperidine rings is 2. The lowest BCUT2D eigenvalue weighted by Crippen LogP contribution is -2.49. The molecule has 156 valence electrons. The molecule has 3 rings (SSSR count). The van der Waals surface area contributed by atoms with E-state index in [4.69, 9.17) is 23.2 Å². The molecule has 0 spiro atoms. The molecule has 2 aliphatic rings. The minimum absolute atomic E-state index is 0.0838. The van der Waals surface area contributed by atoms with Crippen molar-refractivity contribution in [3.63, 3.8) is 0 Å². The molecule has 28 heavy (non-hydrogen) atoms. The molecule has 0 atom stereocenters. The molecule has 2 aliphatic heterocycles. The summed E-state index contributed by atoms with van der Waals surface area (Å²) in [6.45, 7) is 6.75. The molecular weight excluding hydrogens is 419 g/mol. The number of halogens is 2. The highest BCUT2D eigenvalue weighted by molar-refractivity contribution is 7.88. The van der Waals surface area contributed by atoms with Crippen LogP contribution in [-0.2, 0) is 20.6 Å². The third-order valence-corrected chi connectivity index (χ3v) is 8.18. The van der Waals surface area contributed by atoms with Crippen LogP contribution >= 0.6 is 23.2 Å². The molecule has 5 nitrogen and oxygen atoms in total. The van der Waals surface area contributed by atoms with Crippen molar-refractivity contribution in [3.05, 3.63) is 33.8 Å². The largest absolute Gasteiger partial charge is 0.342 e. The van der Waals surface area contributed by atoms with E-state index in [0.29, 0.717) is 41.5 Å². The summed E-state index contributed by atoms with van der Waals surface area (Å²) in [6.07, 6.45) is 3.32. The third kappa shape index (κ3) is 5.21. The van der Waals surface area contributed by atoms with Gasteiger partial charge in [-0.1, -0.05) is 43.1 Å². The first-order chi connectivity index (χ1) is 13.1. The number of hydrogen-bond donors (Lipinski definition) is 0. The van der Waals surface area contributed by atoms with E-state index in [-0.39, 0.29) is 23.0 Å². The van der Waals surface area contributed by atoms with Gasteiger partial charge in [-0.3, -0.25) is 4.79 Å². The van der Waals surface area contributed by atoms with Crippen LogP contribution in [0.25, 0.3) is 0 Å². The Bertz CT molecular complexity index is 834. The van der Waals surface area contributed by atoms with Crippen LogP contribution in [0.3, 0.4) is 0 Å². The minimum atomic E-state index is -3.48. The molecule has 1 aromatic carbocycles. The molecule has 0 radical (unpaired) electrons. The number of carbonyl (C=O) groups excluding carboxylic acids is 1. The van der Waals surface area contributed by atoms with Gasteiger partial charge in [0.25, 0.3) is 0 Å². The van der Waals surface area contributed by atoms with Crippen molar-refractivity contribution in [2.45, 2.75) is 45.3 Å². The zero-order valence-corrected chi connectivity index (χ0v) is 18.8. The molecule has 0 saturated carbocycles. The van der Waals surface area contributed by atoms with Crippen molar-refractivity contribution in [2.24, 2.45) is 11.3 Å². The van der Waals surface area contributed by atoms with E-state index in [1.54, 1.807) is 18.2 Å². The summed E-state index contributed by atoms with van der Waals surface area (Å²) >= 11 is 12.0. The molecule has 2 heterocycles. The first kappa shape index (κ1) is 21.9. The minimum Gasteiger partial charge on any atom is -0.342 e. The van der Waals surface area contributed by atoms with Crippen molar-refractivity contribution in [3.8, 4) is 0 Å². The maximum atomic E-state index is 12.9. The van der Waals surface area contributed by atoms with E-state index in [1.807, 2.05) is 4.90 Å². The lowest BCUT2D eigenvalue weighted by Gasteiger charge is -2.40. The van der Waals surface area contributed by atoms with Gasteiger partial charge >= 0.3 is 0 Å². The van der Waals surface area contributed by atoms with Crippen molar-refractivity contribution >= 4 is 39.1 Å². The molecule has 1 aromatic rings. The van der Waals surface area contributed by atoms with Gasteiger partial charge < -0.3 is 4.90 Å². The summed E-state index contributed by atoms with van der Waals surface area (Å²) in [6, 6.07) is 4.85. The van der Waals surface area contributed by atoms with E-state index >= 15 is 0 Å². The number of amides is 1. The van der Waals surface area contributed by atoms with E-state index in [0.717, 1.165) is 25.9 Å². The van der Waals surface area contributed by atoms with Crippen LogP contribution in [0.15, 0.2) is 18.2 Å². The Morgan fingerprint density at radius 1 is 1.18 bits per heavy atom. The van der Waals surface area contributed by atoms with E-state index in [2.05, 4.69) is 13.8 Å². The van der Waals surface area contributed by atoms with Crippen molar-refractivity contribution in [2.75, 3.05) is 26.2 Å². The average Bonchev–Trinajstić information content (AvgIpc) is 2.63. The molecule has 2 saturated heterocycles. The predicted molar refractivity (Wildman–Crippen MR) is 113 cm³/mol. The normalized spacial score (nSPS) is 21.6. The molecule has 0 unspecified atom stereocenters. The summed E-state index contributed by atoms with van der Waals surface area (Å²) in [7, 11) is -3.48. The summed E-state index contributed by atoms with van der Waals surface area (Å²) in [5.41, 5.74) is 0.704. The third-order valence-electron chi connectivity index (χ3n) is 5.76. The van der Waals surface area contributed by atoms with Gasteiger partial charge in [-0.05, 0) is 48.8 Å². The molecule has 0 N–H and O–H groups in total. The number of rotatable bonds is 4. The zero-order valence-electron chi connectivity index (χ0n) is 16.5. The number of sulfonamides is 1. The van der Waals surface area contributed by atoms with Gasteiger partial charge in [0.05, 0.1) is 5.75 Å². The summed E-state index contributed by atoms with van der Waals surface area (Å²) in [4.78, 5) is 14.9. The Labute approximate surface area is 178 Å². The molecular formula is C20H28Cl2N2O3S. The number of nitrogens with zero attached hydrogens (tertiary/aromatic N) is 2. The quantitative estimate of drug-likeness (QED) is 0.696. The van der Waals surface area contributed by atoms with Gasteiger partial charge in [-0.15, -0.1) is 0 Å². The zero-order chi connectivity index (χ0) is 20.5. The fourth-order valence-corrected chi connectivity index (χ4v) is 6.33. The van der Waals surface area contributed by atoms with Crippen molar-refractivity contribution in [1.82, 2.24) is 9.21 Å². The summed E-state index contributed by atoms with van der Waals surface area (Å²) in [5.74, 6) is -0.0490. The van der Waals surface area contributed by atoms with Gasteiger partial charge in [-0.2, -0.15) is 0 Å². The maximum Gasteiger partial charge on any atom is 0.225 e. The number of hydrogen-bond acceptors (Lipinski definition) is 3. The molecule has 0 bridgehead atoms. The fraction of sp³-hybridized carbons (Fsp3) is 0.650. The highest BCUT2D eigenvalue weighted by atomic mass is 35.5. The van der Waals surface area contributed by atoms with Gasteiger partial charge in [0.15, 0.2) is 0 Å². The summed E-state index contributed by atoms with van der Waals surface area (Å²) < 4.78 is 27.1. The SMILES string of the molecule is CC1(C)CCCN(C(=O)C2CCN(S(=O)(=O)Cc3ccc(Cl)cc3Cl)CC2)C1. The topological polar surface area (TPSA) is 57.7 Å². The fourth-order valence-electron chi connectivity index (χ4n) is 4.18. The second-order valence-electron chi connectivity index (χ2n) is 8.69. The maximum absolute atomic E-state index is 12.9. The van der Waals surface area contributed by atoms with Crippen molar-refractivity contribution in [1.29, 1.82) is 0 Å². The summed E-state index contributed by atoms with van der Waals surface area (Å²) in [5, 5.41) is 0.834.